The van der Waals surface area contributed by atoms with Crippen LogP contribution in [0.4, 0.5) is 0 Å². The zero-order valence-electron chi connectivity index (χ0n) is 12.4. The van der Waals surface area contributed by atoms with Gasteiger partial charge in [0.15, 0.2) is 0 Å². The monoisotopic (exact) mass is 351 g/mol. The Kier molecular flexibility index (Phi) is 5.82. The Morgan fingerprint density at radius 1 is 1.20 bits per heavy atom. The molecule has 1 unspecified atom stereocenters. The summed E-state index contributed by atoms with van der Waals surface area (Å²) in [4.78, 5) is 2.87. The first-order valence-corrected chi connectivity index (χ1v) is 8.85. The number of hydrogen-bond donors (Lipinski definition) is 1. The molecule has 0 aliphatic heterocycles. The van der Waals surface area contributed by atoms with E-state index in [1.54, 1.807) is 0 Å². The van der Waals surface area contributed by atoms with Crippen LogP contribution < -0.4 is 5.32 Å². The molecule has 20 heavy (non-hydrogen) atoms. The van der Waals surface area contributed by atoms with Crippen molar-refractivity contribution in [3.05, 3.63) is 55.7 Å². The average Bonchev–Trinajstić information content (AvgIpc) is 2.92. The van der Waals surface area contributed by atoms with Crippen molar-refractivity contribution in [3.63, 3.8) is 0 Å². The van der Waals surface area contributed by atoms with E-state index in [4.69, 9.17) is 0 Å². The number of nitrogens with one attached hydrogen (secondary N) is 1. The van der Waals surface area contributed by atoms with Gasteiger partial charge < -0.3 is 5.32 Å². The molecule has 0 saturated carbocycles. The molecule has 108 valence electrons. The van der Waals surface area contributed by atoms with E-state index in [9.17, 15) is 0 Å². The normalized spacial score (nSPS) is 12.6. The summed E-state index contributed by atoms with van der Waals surface area (Å²) in [7, 11) is 0. The molecule has 2 rings (SSSR count). The molecule has 0 radical (unpaired) electrons. The zero-order chi connectivity index (χ0) is 14.5. The van der Waals surface area contributed by atoms with Gasteiger partial charge in [-0.2, -0.15) is 0 Å². The second-order valence-electron chi connectivity index (χ2n) is 5.00. The maximum atomic E-state index is 3.70. The first-order chi connectivity index (χ1) is 9.67. The molecule has 1 aromatic carbocycles. The van der Waals surface area contributed by atoms with E-state index in [0.29, 0.717) is 6.04 Å². The van der Waals surface area contributed by atoms with Gasteiger partial charge in [0.25, 0.3) is 0 Å². The molecular formula is C17H22BrNS. The second kappa shape index (κ2) is 7.39. The fourth-order valence-electron chi connectivity index (χ4n) is 2.33. The summed E-state index contributed by atoms with van der Waals surface area (Å²) < 4.78 is 1.19. The van der Waals surface area contributed by atoms with Gasteiger partial charge in [0.2, 0.25) is 0 Å². The minimum absolute atomic E-state index is 0.303. The first-order valence-electron chi connectivity index (χ1n) is 7.24. The molecule has 1 aromatic heterocycles. The third-order valence-electron chi connectivity index (χ3n) is 3.53. The third kappa shape index (κ3) is 3.51. The third-order valence-corrected chi connectivity index (χ3v) is 5.69. The second-order valence-corrected chi connectivity index (χ2v) is 7.05. The van der Waals surface area contributed by atoms with E-state index in [1.807, 2.05) is 11.3 Å². The Bertz CT molecular complexity index is 562. The summed E-state index contributed by atoms with van der Waals surface area (Å²) >= 11 is 5.57. The van der Waals surface area contributed by atoms with E-state index in [1.165, 1.54) is 25.4 Å². The minimum Gasteiger partial charge on any atom is -0.306 e. The molecule has 0 amide bonds. The van der Waals surface area contributed by atoms with E-state index < -0.39 is 0 Å². The number of aryl methyl sites for hydroxylation is 1. The summed E-state index contributed by atoms with van der Waals surface area (Å²) in [6.45, 7) is 7.66. The molecule has 3 heteroatoms. The molecule has 0 fully saturated rings. The summed E-state index contributed by atoms with van der Waals surface area (Å²) in [6, 6.07) is 11.3. The molecule has 0 aliphatic carbocycles. The lowest BCUT2D eigenvalue weighted by molar-refractivity contribution is 0.603. The van der Waals surface area contributed by atoms with Crippen molar-refractivity contribution in [2.24, 2.45) is 0 Å². The predicted octanol–water partition coefficient (Wildman–Crippen LogP) is 5.47. The fraction of sp³-hybridized carbons (Fsp3) is 0.412. The van der Waals surface area contributed by atoms with E-state index in [2.05, 4.69) is 72.3 Å². The largest absolute Gasteiger partial charge is 0.306 e. The average molecular weight is 352 g/mol. The van der Waals surface area contributed by atoms with Crippen LogP contribution in [0.15, 0.2) is 34.8 Å². The highest BCUT2D eigenvalue weighted by atomic mass is 79.9. The van der Waals surface area contributed by atoms with Crippen molar-refractivity contribution >= 4 is 27.3 Å². The molecule has 2 aromatic rings. The number of thiophene rings is 1. The van der Waals surface area contributed by atoms with Crippen molar-refractivity contribution in [1.29, 1.82) is 0 Å². The lowest BCUT2D eigenvalue weighted by atomic mass is 10.00. The molecule has 0 spiro atoms. The summed E-state index contributed by atoms with van der Waals surface area (Å²) in [5, 5.41) is 3.70. The molecule has 0 saturated heterocycles. The maximum absolute atomic E-state index is 3.70. The molecule has 0 aliphatic rings. The first kappa shape index (κ1) is 15.7. The van der Waals surface area contributed by atoms with Crippen molar-refractivity contribution < 1.29 is 0 Å². The molecule has 1 N–H and O–H groups in total. The molecular weight excluding hydrogens is 330 g/mol. The number of benzene rings is 1. The Morgan fingerprint density at radius 2 is 2.00 bits per heavy atom. The van der Waals surface area contributed by atoms with Gasteiger partial charge in [0, 0.05) is 14.2 Å². The van der Waals surface area contributed by atoms with Gasteiger partial charge in [-0.15, -0.1) is 11.3 Å². The number of rotatable bonds is 6. The maximum Gasteiger partial charge on any atom is 0.0674 e. The van der Waals surface area contributed by atoms with Crippen LogP contribution in [0.3, 0.4) is 0 Å². The fourth-order valence-corrected chi connectivity index (χ4v) is 3.76. The van der Waals surface area contributed by atoms with Crippen LogP contribution in [0.25, 0.3) is 0 Å². The van der Waals surface area contributed by atoms with Crippen molar-refractivity contribution in [2.75, 3.05) is 6.54 Å². The predicted molar refractivity (Wildman–Crippen MR) is 92.7 cm³/mol. The van der Waals surface area contributed by atoms with Crippen molar-refractivity contribution in [3.8, 4) is 0 Å². The summed E-state index contributed by atoms with van der Waals surface area (Å²) in [5.41, 5.74) is 2.70. The smallest absolute Gasteiger partial charge is 0.0674 e. The van der Waals surface area contributed by atoms with E-state index in [-0.39, 0.29) is 0 Å². The Hall–Kier alpha value is -0.640. The highest BCUT2D eigenvalue weighted by Gasteiger charge is 2.18. The van der Waals surface area contributed by atoms with Gasteiger partial charge in [-0.05, 0) is 55.6 Å². The Morgan fingerprint density at radius 3 is 2.65 bits per heavy atom. The topological polar surface area (TPSA) is 12.0 Å². The van der Waals surface area contributed by atoms with Gasteiger partial charge in [-0.3, -0.25) is 0 Å². The lowest BCUT2D eigenvalue weighted by Gasteiger charge is -2.20. The van der Waals surface area contributed by atoms with Gasteiger partial charge >= 0.3 is 0 Å². The van der Waals surface area contributed by atoms with Gasteiger partial charge in [0.1, 0.15) is 0 Å². The van der Waals surface area contributed by atoms with E-state index in [0.717, 1.165) is 19.4 Å². The number of halogens is 1. The highest BCUT2D eigenvalue weighted by Crippen LogP contribution is 2.32. The molecule has 1 nitrogen and oxygen atoms in total. The van der Waals surface area contributed by atoms with Crippen LogP contribution in [0.1, 0.15) is 47.2 Å². The van der Waals surface area contributed by atoms with Crippen LogP contribution in [0, 0.1) is 6.92 Å². The lowest BCUT2D eigenvalue weighted by Crippen LogP contribution is -2.23. The molecule has 1 atom stereocenters. The van der Waals surface area contributed by atoms with Crippen LogP contribution in [0.2, 0.25) is 0 Å². The van der Waals surface area contributed by atoms with Gasteiger partial charge in [0.05, 0.1) is 6.04 Å². The van der Waals surface area contributed by atoms with Crippen LogP contribution in [-0.2, 0) is 6.42 Å². The Balaban J connectivity index is 2.38. The van der Waals surface area contributed by atoms with Crippen molar-refractivity contribution in [2.45, 2.75) is 39.7 Å². The number of hydrogen-bond acceptors (Lipinski definition) is 2. The van der Waals surface area contributed by atoms with Gasteiger partial charge in [-0.1, -0.05) is 41.9 Å². The highest BCUT2D eigenvalue weighted by molar-refractivity contribution is 9.10. The van der Waals surface area contributed by atoms with Crippen molar-refractivity contribution in [1.82, 2.24) is 5.32 Å². The molecule has 1 heterocycles. The summed E-state index contributed by atoms with van der Waals surface area (Å²) in [5.74, 6) is 0. The van der Waals surface area contributed by atoms with E-state index >= 15 is 0 Å². The Labute approximate surface area is 134 Å². The standard InChI is InChI=1S/C17H22BrNS/c1-4-11-19-17(16-10-9-13(5-2)20-16)14-7-6-8-15(18)12(14)3/h6-10,17,19H,4-5,11H2,1-3H3. The quantitative estimate of drug-likeness (QED) is 0.727. The molecule has 0 bridgehead atoms. The minimum atomic E-state index is 0.303. The SMILES string of the molecule is CCCNC(c1ccc(CC)s1)c1cccc(Br)c1C. The zero-order valence-corrected chi connectivity index (χ0v) is 14.8. The van der Waals surface area contributed by atoms with Crippen LogP contribution >= 0.6 is 27.3 Å². The summed E-state index contributed by atoms with van der Waals surface area (Å²) in [6.07, 6.45) is 2.26. The van der Waals surface area contributed by atoms with Gasteiger partial charge in [-0.25, -0.2) is 0 Å². The van der Waals surface area contributed by atoms with Crippen LogP contribution in [0.5, 0.6) is 0 Å². The van der Waals surface area contributed by atoms with Crippen LogP contribution in [-0.4, -0.2) is 6.54 Å².